The Labute approximate surface area is 137 Å². The molecule has 1 aromatic carbocycles. The van der Waals surface area contributed by atoms with Gasteiger partial charge in [0, 0.05) is 19.1 Å². The lowest BCUT2D eigenvalue weighted by Crippen LogP contribution is -2.46. The molecule has 1 aliphatic rings. The van der Waals surface area contributed by atoms with Gasteiger partial charge in [0.05, 0.1) is 15.6 Å². The number of piperidine rings is 1. The first-order valence-corrected chi connectivity index (χ1v) is 8.24. The second kappa shape index (κ2) is 7.30. The summed E-state index contributed by atoms with van der Waals surface area (Å²) in [7, 11) is 1.94. The number of halogens is 2. The highest BCUT2D eigenvalue weighted by Crippen LogP contribution is 2.31. The molecule has 118 valence electrons. The van der Waals surface area contributed by atoms with Gasteiger partial charge in [0.15, 0.2) is 0 Å². The van der Waals surface area contributed by atoms with Crippen LogP contribution in [-0.4, -0.2) is 42.3 Å². The largest absolute Gasteiger partial charge is 0.389 e. The molecule has 1 aromatic rings. The Bertz CT molecular complexity index is 479. The summed E-state index contributed by atoms with van der Waals surface area (Å²) in [4.78, 5) is 2.33. The zero-order chi connectivity index (χ0) is 15.5. The highest BCUT2D eigenvalue weighted by molar-refractivity contribution is 6.42. The van der Waals surface area contributed by atoms with E-state index >= 15 is 0 Å². The van der Waals surface area contributed by atoms with Crippen LogP contribution < -0.4 is 5.32 Å². The summed E-state index contributed by atoms with van der Waals surface area (Å²) in [6.45, 7) is 4.65. The molecule has 1 aliphatic heterocycles. The summed E-state index contributed by atoms with van der Waals surface area (Å²) in [5.74, 6) is 0. The topological polar surface area (TPSA) is 35.5 Å². The van der Waals surface area contributed by atoms with E-state index in [1.165, 1.54) is 0 Å². The van der Waals surface area contributed by atoms with Crippen molar-refractivity contribution < 1.29 is 5.11 Å². The number of hydrogen-bond acceptors (Lipinski definition) is 3. The van der Waals surface area contributed by atoms with E-state index in [4.69, 9.17) is 23.2 Å². The van der Waals surface area contributed by atoms with Crippen LogP contribution in [-0.2, 0) is 0 Å². The second-order valence-electron chi connectivity index (χ2n) is 6.15. The number of benzene rings is 1. The quantitative estimate of drug-likeness (QED) is 0.867. The van der Waals surface area contributed by atoms with Gasteiger partial charge in [-0.3, -0.25) is 0 Å². The molecule has 1 saturated heterocycles. The fourth-order valence-electron chi connectivity index (χ4n) is 3.07. The van der Waals surface area contributed by atoms with E-state index in [-0.39, 0.29) is 6.04 Å². The van der Waals surface area contributed by atoms with Gasteiger partial charge < -0.3 is 15.3 Å². The SMILES string of the molecule is CNC(CCN1CCCC(C)(O)C1)c1cccc(Cl)c1Cl. The van der Waals surface area contributed by atoms with Crippen LogP contribution in [0.2, 0.25) is 10.0 Å². The van der Waals surface area contributed by atoms with Crippen molar-refractivity contribution in [2.75, 3.05) is 26.7 Å². The van der Waals surface area contributed by atoms with Crippen molar-refractivity contribution >= 4 is 23.2 Å². The van der Waals surface area contributed by atoms with Crippen LogP contribution in [0.4, 0.5) is 0 Å². The number of aliphatic hydroxyl groups is 1. The van der Waals surface area contributed by atoms with Gasteiger partial charge in [-0.15, -0.1) is 0 Å². The van der Waals surface area contributed by atoms with Crippen LogP contribution in [0.15, 0.2) is 18.2 Å². The number of nitrogens with one attached hydrogen (secondary N) is 1. The number of likely N-dealkylation sites (tertiary alicyclic amines) is 1. The van der Waals surface area contributed by atoms with Crippen LogP contribution >= 0.6 is 23.2 Å². The van der Waals surface area contributed by atoms with Crippen LogP contribution in [0.1, 0.15) is 37.8 Å². The lowest BCUT2D eigenvalue weighted by atomic mass is 9.94. The Morgan fingerprint density at radius 2 is 2.19 bits per heavy atom. The number of rotatable bonds is 5. The van der Waals surface area contributed by atoms with E-state index in [1.54, 1.807) is 0 Å². The molecule has 0 radical (unpaired) electrons. The maximum Gasteiger partial charge on any atom is 0.0746 e. The van der Waals surface area contributed by atoms with E-state index in [9.17, 15) is 5.11 Å². The lowest BCUT2D eigenvalue weighted by Gasteiger charge is -2.37. The van der Waals surface area contributed by atoms with Crippen molar-refractivity contribution in [2.24, 2.45) is 0 Å². The molecule has 1 fully saturated rings. The molecule has 2 rings (SSSR count). The average molecular weight is 331 g/mol. The number of β-amino-alcohol motifs (C(OH)–C–C–N with tert-alkyl or cyclic N) is 1. The highest BCUT2D eigenvalue weighted by Gasteiger charge is 2.28. The third kappa shape index (κ3) is 4.57. The summed E-state index contributed by atoms with van der Waals surface area (Å²) >= 11 is 12.4. The number of hydrogen-bond donors (Lipinski definition) is 2. The lowest BCUT2D eigenvalue weighted by molar-refractivity contribution is -0.0163. The average Bonchev–Trinajstić information content (AvgIpc) is 2.43. The Morgan fingerprint density at radius 1 is 1.43 bits per heavy atom. The molecule has 5 heteroatoms. The minimum atomic E-state index is -0.554. The smallest absolute Gasteiger partial charge is 0.0746 e. The predicted octanol–water partition coefficient (Wildman–Crippen LogP) is 3.49. The van der Waals surface area contributed by atoms with E-state index in [0.717, 1.165) is 44.5 Å². The monoisotopic (exact) mass is 330 g/mol. The summed E-state index contributed by atoms with van der Waals surface area (Å²) in [6.07, 6.45) is 2.88. The molecule has 2 atom stereocenters. The van der Waals surface area contributed by atoms with E-state index in [0.29, 0.717) is 10.0 Å². The molecule has 0 aromatic heterocycles. The minimum Gasteiger partial charge on any atom is -0.389 e. The van der Waals surface area contributed by atoms with E-state index in [2.05, 4.69) is 10.2 Å². The van der Waals surface area contributed by atoms with Crippen LogP contribution in [0.25, 0.3) is 0 Å². The van der Waals surface area contributed by atoms with Gasteiger partial charge in [0.2, 0.25) is 0 Å². The molecular formula is C16H24Cl2N2O. The van der Waals surface area contributed by atoms with Gasteiger partial charge in [-0.25, -0.2) is 0 Å². The maximum absolute atomic E-state index is 10.2. The molecule has 0 saturated carbocycles. The van der Waals surface area contributed by atoms with Crippen LogP contribution in [0.5, 0.6) is 0 Å². The molecule has 21 heavy (non-hydrogen) atoms. The van der Waals surface area contributed by atoms with Gasteiger partial charge in [-0.05, 0) is 51.4 Å². The Hall–Kier alpha value is -0.320. The third-order valence-electron chi connectivity index (χ3n) is 4.19. The summed E-state index contributed by atoms with van der Waals surface area (Å²) in [6, 6.07) is 5.92. The first-order chi connectivity index (χ1) is 9.93. The van der Waals surface area contributed by atoms with Crippen molar-refractivity contribution in [1.82, 2.24) is 10.2 Å². The zero-order valence-corrected chi connectivity index (χ0v) is 14.2. The Morgan fingerprint density at radius 3 is 2.86 bits per heavy atom. The van der Waals surface area contributed by atoms with Crippen LogP contribution in [0.3, 0.4) is 0 Å². The molecule has 3 nitrogen and oxygen atoms in total. The van der Waals surface area contributed by atoms with Crippen molar-refractivity contribution in [2.45, 2.75) is 37.8 Å². The molecule has 2 unspecified atom stereocenters. The normalized spacial score (nSPS) is 25.0. The first-order valence-electron chi connectivity index (χ1n) is 7.49. The summed E-state index contributed by atoms with van der Waals surface area (Å²) in [5.41, 5.74) is 0.483. The third-order valence-corrected chi connectivity index (χ3v) is 5.03. The van der Waals surface area contributed by atoms with Crippen molar-refractivity contribution in [1.29, 1.82) is 0 Å². The fraction of sp³-hybridized carbons (Fsp3) is 0.625. The summed E-state index contributed by atoms with van der Waals surface area (Å²) < 4.78 is 0. The minimum absolute atomic E-state index is 0.170. The van der Waals surface area contributed by atoms with E-state index in [1.807, 2.05) is 32.2 Å². The number of nitrogens with zero attached hydrogens (tertiary/aromatic N) is 1. The molecule has 0 aliphatic carbocycles. The van der Waals surface area contributed by atoms with E-state index < -0.39 is 5.60 Å². The fourth-order valence-corrected chi connectivity index (χ4v) is 3.51. The predicted molar refractivity (Wildman–Crippen MR) is 89.2 cm³/mol. The Kier molecular flexibility index (Phi) is 5.92. The van der Waals surface area contributed by atoms with Gasteiger partial charge in [0.1, 0.15) is 0 Å². The Balaban J connectivity index is 1.98. The summed E-state index contributed by atoms with van der Waals surface area (Å²) in [5, 5.41) is 14.7. The van der Waals surface area contributed by atoms with Crippen molar-refractivity contribution in [3.63, 3.8) is 0 Å². The zero-order valence-electron chi connectivity index (χ0n) is 12.7. The molecular weight excluding hydrogens is 307 g/mol. The van der Waals surface area contributed by atoms with Gasteiger partial charge >= 0.3 is 0 Å². The second-order valence-corrected chi connectivity index (χ2v) is 6.93. The standard InChI is InChI=1S/C16H24Cl2N2O/c1-16(21)8-4-9-20(11-16)10-7-14(19-2)12-5-3-6-13(17)15(12)18/h3,5-6,14,19,21H,4,7-11H2,1-2H3. The van der Waals surface area contributed by atoms with Gasteiger partial charge in [0.25, 0.3) is 0 Å². The molecule has 0 amide bonds. The molecule has 1 heterocycles. The van der Waals surface area contributed by atoms with Crippen molar-refractivity contribution in [3.05, 3.63) is 33.8 Å². The van der Waals surface area contributed by atoms with Crippen molar-refractivity contribution in [3.8, 4) is 0 Å². The maximum atomic E-state index is 10.2. The van der Waals surface area contributed by atoms with Gasteiger partial charge in [-0.1, -0.05) is 35.3 Å². The van der Waals surface area contributed by atoms with Crippen LogP contribution in [0, 0.1) is 0 Å². The highest BCUT2D eigenvalue weighted by atomic mass is 35.5. The first kappa shape index (κ1) is 17.0. The molecule has 0 spiro atoms. The molecule has 0 bridgehead atoms. The van der Waals surface area contributed by atoms with Gasteiger partial charge in [-0.2, -0.15) is 0 Å². The molecule has 2 N–H and O–H groups in total.